The Balaban J connectivity index is 1.38. The van der Waals surface area contributed by atoms with Crippen molar-refractivity contribution in [2.45, 2.75) is 32.9 Å². The second kappa shape index (κ2) is 7.35. The van der Waals surface area contributed by atoms with Crippen molar-refractivity contribution >= 4 is 6.03 Å². The van der Waals surface area contributed by atoms with Crippen LogP contribution in [0.3, 0.4) is 0 Å². The molecule has 158 valence electrons. The van der Waals surface area contributed by atoms with Crippen molar-refractivity contribution in [3.05, 3.63) is 46.9 Å². The van der Waals surface area contributed by atoms with Gasteiger partial charge in [0.2, 0.25) is 0 Å². The lowest BCUT2D eigenvalue weighted by atomic mass is 10.2. The van der Waals surface area contributed by atoms with E-state index in [9.17, 15) is 18.0 Å². The van der Waals surface area contributed by atoms with Gasteiger partial charge >= 0.3 is 12.4 Å². The normalized spacial score (nSPS) is 13.4. The Kier molecular flexibility index (Phi) is 4.84. The van der Waals surface area contributed by atoms with Crippen LogP contribution >= 0.6 is 0 Å². The van der Waals surface area contributed by atoms with Crippen LogP contribution in [-0.4, -0.2) is 37.2 Å². The van der Waals surface area contributed by atoms with E-state index in [1.54, 1.807) is 23.6 Å². The number of halogens is 3. The van der Waals surface area contributed by atoms with E-state index < -0.39 is 6.36 Å². The van der Waals surface area contributed by atoms with Gasteiger partial charge in [0, 0.05) is 19.2 Å². The first kappa shape index (κ1) is 19.7. The first-order chi connectivity index (χ1) is 14.2. The summed E-state index contributed by atoms with van der Waals surface area (Å²) in [4.78, 5) is 18.4. The summed E-state index contributed by atoms with van der Waals surface area (Å²) in [6.45, 7) is 2.55. The first-order valence-corrected chi connectivity index (χ1v) is 8.92. The Morgan fingerprint density at radius 3 is 2.63 bits per heavy atom. The van der Waals surface area contributed by atoms with Crippen molar-refractivity contribution in [1.82, 2.24) is 30.1 Å². The molecule has 0 spiro atoms. The van der Waals surface area contributed by atoms with Gasteiger partial charge in [-0.15, -0.1) is 13.2 Å². The number of nitrogens with zero attached hydrogens (tertiary/aromatic N) is 5. The molecule has 0 atom stereocenters. The summed E-state index contributed by atoms with van der Waals surface area (Å²) in [5.74, 6) is 0.472. The van der Waals surface area contributed by atoms with Gasteiger partial charge in [-0.3, -0.25) is 4.68 Å². The molecule has 0 aliphatic carbocycles. The summed E-state index contributed by atoms with van der Waals surface area (Å²) in [6, 6.07) is 5.00. The van der Waals surface area contributed by atoms with E-state index in [0.29, 0.717) is 36.1 Å². The van der Waals surface area contributed by atoms with E-state index in [2.05, 4.69) is 25.3 Å². The number of fused-ring (bicyclic) bond motifs is 1. The fourth-order valence-electron chi connectivity index (χ4n) is 3.20. The van der Waals surface area contributed by atoms with Gasteiger partial charge in [0.15, 0.2) is 11.5 Å². The number of aromatic nitrogens is 4. The van der Waals surface area contributed by atoms with Gasteiger partial charge in [0.1, 0.15) is 5.75 Å². The van der Waals surface area contributed by atoms with Crippen LogP contribution in [0.5, 0.6) is 5.75 Å². The molecule has 1 aliphatic rings. The van der Waals surface area contributed by atoms with Gasteiger partial charge in [-0.05, 0) is 24.6 Å². The Morgan fingerprint density at radius 2 is 2.00 bits per heavy atom. The summed E-state index contributed by atoms with van der Waals surface area (Å²) >= 11 is 0. The molecule has 12 heteroatoms. The molecule has 0 saturated heterocycles. The van der Waals surface area contributed by atoms with E-state index in [0.717, 1.165) is 11.3 Å². The maximum Gasteiger partial charge on any atom is 0.573 e. The number of hydrogen-bond donors (Lipinski definition) is 1. The molecule has 9 nitrogen and oxygen atoms in total. The molecule has 0 fully saturated rings. The standard InChI is InChI=1S/C18H17F3N6O3/c1-10-23-16(30-25-10)15-13-8-27(9-14(13)26(2)24-15)17(28)22-7-11-3-5-12(6-4-11)29-18(19,20)21/h3-6H,7-9H2,1-2H3,(H,22,28). The molecular formula is C18H17F3N6O3. The third kappa shape index (κ3) is 4.07. The van der Waals surface area contributed by atoms with Gasteiger partial charge < -0.3 is 19.5 Å². The molecule has 0 unspecified atom stereocenters. The molecule has 0 radical (unpaired) electrons. The van der Waals surface area contributed by atoms with Crippen molar-refractivity contribution in [1.29, 1.82) is 0 Å². The summed E-state index contributed by atoms with van der Waals surface area (Å²) in [5.41, 5.74) is 2.89. The number of carbonyl (C=O) groups excluding carboxylic acids is 1. The average Bonchev–Trinajstić information content (AvgIpc) is 3.36. The lowest BCUT2D eigenvalue weighted by molar-refractivity contribution is -0.274. The van der Waals surface area contributed by atoms with Gasteiger partial charge in [-0.2, -0.15) is 10.1 Å². The van der Waals surface area contributed by atoms with Crippen LogP contribution < -0.4 is 10.1 Å². The third-order valence-corrected chi connectivity index (χ3v) is 4.58. The molecule has 1 aromatic carbocycles. The minimum atomic E-state index is -4.74. The highest BCUT2D eigenvalue weighted by atomic mass is 19.4. The number of benzene rings is 1. The predicted molar refractivity (Wildman–Crippen MR) is 95.8 cm³/mol. The maximum atomic E-state index is 12.6. The lowest BCUT2D eigenvalue weighted by Gasteiger charge is -2.17. The van der Waals surface area contributed by atoms with Gasteiger partial charge in [0.25, 0.3) is 5.89 Å². The summed E-state index contributed by atoms with van der Waals surface area (Å²) in [5, 5.41) is 10.9. The fourth-order valence-corrected chi connectivity index (χ4v) is 3.20. The maximum absolute atomic E-state index is 12.6. The molecule has 4 rings (SSSR count). The number of amides is 2. The highest BCUT2D eigenvalue weighted by molar-refractivity contribution is 5.75. The molecule has 1 aliphatic heterocycles. The zero-order valence-electron chi connectivity index (χ0n) is 16.0. The average molecular weight is 422 g/mol. The molecule has 2 amide bonds. The van der Waals surface area contributed by atoms with Crippen LogP contribution in [0, 0.1) is 6.92 Å². The van der Waals surface area contributed by atoms with Crippen molar-refractivity contribution < 1.29 is 27.2 Å². The summed E-state index contributed by atoms with van der Waals surface area (Å²) < 4.78 is 47.4. The largest absolute Gasteiger partial charge is 0.573 e. The summed E-state index contributed by atoms with van der Waals surface area (Å²) in [6.07, 6.45) is -4.74. The zero-order valence-corrected chi connectivity index (χ0v) is 16.0. The lowest BCUT2D eigenvalue weighted by Crippen LogP contribution is -2.36. The SMILES string of the molecule is Cc1noc(-c2nn(C)c3c2CN(C(=O)NCc2ccc(OC(F)(F)F)cc2)C3)n1. The number of hydrogen-bond acceptors (Lipinski definition) is 6. The highest BCUT2D eigenvalue weighted by Crippen LogP contribution is 2.31. The minimum Gasteiger partial charge on any atom is -0.406 e. The smallest absolute Gasteiger partial charge is 0.406 e. The molecule has 0 saturated carbocycles. The highest BCUT2D eigenvalue weighted by Gasteiger charge is 2.32. The summed E-state index contributed by atoms with van der Waals surface area (Å²) in [7, 11) is 1.78. The van der Waals surface area contributed by atoms with Crippen LogP contribution in [0.1, 0.15) is 22.6 Å². The van der Waals surface area contributed by atoms with Crippen LogP contribution in [-0.2, 0) is 26.7 Å². The van der Waals surface area contributed by atoms with E-state index in [1.807, 2.05) is 0 Å². The van der Waals surface area contributed by atoms with E-state index in [-0.39, 0.29) is 18.3 Å². The van der Waals surface area contributed by atoms with Crippen molar-refractivity contribution in [3.8, 4) is 17.3 Å². The van der Waals surface area contributed by atoms with Gasteiger partial charge in [-0.25, -0.2) is 4.79 Å². The number of carbonyl (C=O) groups is 1. The quantitative estimate of drug-likeness (QED) is 0.694. The Bertz CT molecular complexity index is 1070. The minimum absolute atomic E-state index is 0.159. The topological polar surface area (TPSA) is 98.3 Å². The van der Waals surface area contributed by atoms with Crippen LogP contribution in [0.4, 0.5) is 18.0 Å². The molecule has 3 heterocycles. The molecule has 0 bridgehead atoms. The first-order valence-electron chi connectivity index (χ1n) is 8.92. The van der Waals surface area contributed by atoms with E-state index in [4.69, 9.17) is 4.52 Å². The molecule has 2 aromatic heterocycles. The molecule has 1 N–H and O–H groups in total. The number of ether oxygens (including phenoxy) is 1. The van der Waals surface area contributed by atoms with Gasteiger partial charge in [-0.1, -0.05) is 17.3 Å². The van der Waals surface area contributed by atoms with E-state index >= 15 is 0 Å². The van der Waals surface area contributed by atoms with Crippen molar-refractivity contribution in [3.63, 3.8) is 0 Å². The van der Waals surface area contributed by atoms with Crippen LogP contribution in [0.25, 0.3) is 11.6 Å². The Morgan fingerprint density at radius 1 is 1.27 bits per heavy atom. The van der Waals surface area contributed by atoms with Crippen molar-refractivity contribution in [2.75, 3.05) is 0 Å². The third-order valence-electron chi connectivity index (χ3n) is 4.58. The monoisotopic (exact) mass is 422 g/mol. The number of nitrogens with one attached hydrogen (secondary N) is 1. The Labute approximate surface area is 168 Å². The second-order valence-corrected chi connectivity index (χ2v) is 6.75. The van der Waals surface area contributed by atoms with E-state index in [1.165, 1.54) is 24.3 Å². The molecule has 3 aromatic rings. The predicted octanol–water partition coefficient (Wildman–Crippen LogP) is 2.90. The van der Waals surface area contributed by atoms with Crippen LogP contribution in [0.2, 0.25) is 0 Å². The number of rotatable bonds is 4. The number of urea groups is 1. The Hall–Kier alpha value is -3.57. The van der Waals surface area contributed by atoms with Gasteiger partial charge in [0.05, 0.1) is 18.8 Å². The number of alkyl halides is 3. The second-order valence-electron chi connectivity index (χ2n) is 6.75. The van der Waals surface area contributed by atoms with Crippen molar-refractivity contribution in [2.24, 2.45) is 7.05 Å². The van der Waals surface area contributed by atoms with Crippen LogP contribution in [0.15, 0.2) is 28.8 Å². The fraction of sp³-hybridized carbons (Fsp3) is 0.333. The molecular weight excluding hydrogens is 405 g/mol. The number of aryl methyl sites for hydroxylation is 2. The molecule has 30 heavy (non-hydrogen) atoms. The zero-order chi connectivity index (χ0) is 21.5.